The van der Waals surface area contributed by atoms with Crippen molar-refractivity contribution in [2.45, 2.75) is 31.8 Å². The Morgan fingerprint density at radius 2 is 2.05 bits per heavy atom. The van der Waals surface area contributed by atoms with Gasteiger partial charge in [0.05, 0.1) is 13.0 Å². The summed E-state index contributed by atoms with van der Waals surface area (Å²) in [6.07, 6.45) is 2.28. The fourth-order valence-electron chi connectivity index (χ4n) is 2.28. The fraction of sp³-hybridized carbons (Fsp3) is 0.312. The normalized spacial score (nSPS) is 14.2. The Kier molecular flexibility index (Phi) is 3.83. The van der Waals surface area contributed by atoms with Crippen LogP contribution >= 0.6 is 11.3 Å². The fourth-order valence-corrected chi connectivity index (χ4v) is 2.99. The number of carbonyl (C=O) groups is 1. The van der Waals surface area contributed by atoms with Crippen molar-refractivity contribution in [2.75, 3.05) is 0 Å². The molecule has 1 fully saturated rings. The number of benzene rings is 1. The van der Waals surface area contributed by atoms with Gasteiger partial charge in [0.1, 0.15) is 5.82 Å². The highest BCUT2D eigenvalue weighted by Crippen LogP contribution is 2.30. The van der Waals surface area contributed by atoms with Gasteiger partial charge in [-0.3, -0.25) is 4.79 Å². The highest BCUT2D eigenvalue weighted by Gasteiger charge is 2.32. The zero-order valence-corrected chi connectivity index (χ0v) is 11.9. The molecule has 0 radical (unpaired) electrons. The number of nitrogens with zero attached hydrogens (tertiary/aromatic N) is 1. The van der Waals surface area contributed by atoms with E-state index in [1.165, 1.54) is 10.9 Å². The molecule has 4 heteroatoms. The quantitative estimate of drug-likeness (QED) is 0.823. The lowest BCUT2D eigenvalue weighted by Crippen LogP contribution is -2.33. The summed E-state index contributed by atoms with van der Waals surface area (Å²) in [4.78, 5) is 15.5. The third kappa shape index (κ3) is 3.07. The molecular weight excluding hydrogens is 273 g/mol. The summed E-state index contributed by atoms with van der Waals surface area (Å²) in [7, 11) is 0. The Labute approximate surface area is 121 Å². The van der Waals surface area contributed by atoms with E-state index in [9.17, 15) is 9.18 Å². The molecule has 0 N–H and O–H groups in total. The SMILES string of the molecule is O=C(Cc1ccccc1F)N(Cc1cccs1)C1CC1. The first-order valence-electron chi connectivity index (χ1n) is 6.79. The molecule has 2 nitrogen and oxygen atoms in total. The molecular formula is C16H16FNOS. The minimum Gasteiger partial charge on any atom is -0.334 e. The topological polar surface area (TPSA) is 20.3 Å². The third-order valence-corrected chi connectivity index (χ3v) is 4.37. The van der Waals surface area contributed by atoms with Crippen LogP contribution in [0.4, 0.5) is 4.39 Å². The number of carbonyl (C=O) groups excluding carboxylic acids is 1. The van der Waals surface area contributed by atoms with E-state index in [4.69, 9.17) is 0 Å². The first kappa shape index (κ1) is 13.3. The average Bonchev–Trinajstić information content (AvgIpc) is 3.15. The van der Waals surface area contributed by atoms with Gasteiger partial charge in [0.15, 0.2) is 0 Å². The van der Waals surface area contributed by atoms with Gasteiger partial charge in [-0.15, -0.1) is 11.3 Å². The van der Waals surface area contributed by atoms with Crippen LogP contribution in [-0.2, 0) is 17.8 Å². The second-order valence-corrected chi connectivity index (χ2v) is 6.13. The van der Waals surface area contributed by atoms with Gasteiger partial charge in [0.2, 0.25) is 5.91 Å². The van der Waals surface area contributed by atoms with Crippen LogP contribution in [0.3, 0.4) is 0 Å². The van der Waals surface area contributed by atoms with E-state index in [-0.39, 0.29) is 18.1 Å². The molecule has 0 spiro atoms. The van der Waals surface area contributed by atoms with Crippen LogP contribution in [0, 0.1) is 5.82 Å². The summed E-state index contributed by atoms with van der Waals surface area (Å²) in [6, 6.07) is 10.9. The van der Waals surface area contributed by atoms with E-state index in [0.717, 1.165) is 12.8 Å². The molecule has 0 bridgehead atoms. The summed E-state index contributed by atoms with van der Waals surface area (Å²) < 4.78 is 13.6. The van der Waals surface area contributed by atoms with Crippen LogP contribution in [0.5, 0.6) is 0 Å². The third-order valence-electron chi connectivity index (χ3n) is 3.51. The van der Waals surface area contributed by atoms with Crippen molar-refractivity contribution in [1.29, 1.82) is 0 Å². The molecule has 0 saturated heterocycles. The van der Waals surface area contributed by atoms with Gasteiger partial charge in [0.25, 0.3) is 0 Å². The zero-order valence-electron chi connectivity index (χ0n) is 11.1. The van der Waals surface area contributed by atoms with Gasteiger partial charge < -0.3 is 4.90 Å². The monoisotopic (exact) mass is 289 g/mol. The molecule has 1 aromatic heterocycles. The van der Waals surface area contributed by atoms with Crippen molar-refractivity contribution < 1.29 is 9.18 Å². The highest BCUT2D eigenvalue weighted by atomic mass is 32.1. The molecule has 3 rings (SSSR count). The van der Waals surface area contributed by atoms with Crippen LogP contribution < -0.4 is 0 Å². The molecule has 1 saturated carbocycles. The van der Waals surface area contributed by atoms with Gasteiger partial charge in [-0.1, -0.05) is 24.3 Å². The second kappa shape index (κ2) is 5.75. The predicted molar refractivity (Wildman–Crippen MR) is 78.0 cm³/mol. The van der Waals surface area contributed by atoms with E-state index < -0.39 is 0 Å². The van der Waals surface area contributed by atoms with Gasteiger partial charge in [-0.05, 0) is 35.9 Å². The molecule has 1 aromatic carbocycles. The average molecular weight is 289 g/mol. The van der Waals surface area contributed by atoms with Crippen molar-refractivity contribution in [1.82, 2.24) is 4.90 Å². The van der Waals surface area contributed by atoms with Crippen molar-refractivity contribution >= 4 is 17.2 Å². The molecule has 1 aliphatic rings. The number of thiophene rings is 1. The maximum absolute atomic E-state index is 13.6. The molecule has 1 amide bonds. The van der Waals surface area contributed by atoms with Crippen molar-refractivity contribution in [3.63, 3.8) is 0 Å². The first-order valence-corrected chi connectivity index (χ1v) is 7.67. The smallest absolute Gasteiger partial charge is 0.227 e. The number of hydrogen-bond donors (Lipinski definition) is 0. The van der Waals surface area contributed by atoms with Crippen LogP contribution in [0.2, 0.25) is 0 Å². The number of hydrogen-bond acceptors (Lipinski definition) is 2. The molecule has 0 unspecified atom stereocenters. The minimum absolute atomic E-state index is 0.0194. The van der Waals surface area contributed by atoms with Crippen molar-refractivity contribution in [3.05, 3.63) is 58.0 Å². The van der Waals surface area contributed by atoms with E-state index in [0.29, 0.717) is 18.2 Å². The Morgan fingerprint density at radius 3 is 2.70 bits per heavy atom. The van der Waals surface area contributed by atoms with Gasteiger partial charge in [-0.2, -0.15) is 0 Å². The van der Waals surface area contributed by atoms with Gasteiger partial charge in [0, 0.05) is 10.9 Å². The second-order valence-electron chi connectivity index (χ2n) is 5.10. The lowest BCUT2D eigenvalue weighted by Gasteiger charge is -2.22. The molecule has 0 aliphatic heterocycles. The van der Waals surface area contributed by atoms with Gasteiger partial charge in [-0.25, -0.2) is 4.39 Å². The molecule has 0 atom stereocenters. The van der Waals surface area contributed by atoms with Crippen LogP contribution in [-0.4, -0.2) is 16.8 Å². The molecule has 1 aliphatic carbocycles. The predicted octanol–water partition coefficient (Wildman–Crippen LogP) is 3.62. The Balaban J connectivity index is 1.71. The van der Waals surface area contributed by atoms with E-state index >= 15 is 0 Å². The van der Waals surface area contributed by atoms with Crippen molar-refractivity contribution in [2.24, 2.45) is 0 Å². The summed E-state index contributed by atoms with van der Waals surface area (Å²) >= 11 is 1.66. The molecule has 20 heavy (non-hydrogen) atoms. The van der Waals surface area contributed by atoms with E-state index in [1.807, 2.05) is 22.4 Å². The maximum Gasteiger partial charge on any atom is 0.227 e. The molecule has 104 valence electrons. The Morgan fingerprint density at radius 1 is 1.25 bits per heavy atom. The van der Waals surface area contributed by atoms with Crippen LogP contribution in [0.1, 0.15) is 23.3 Å². The van der Waals surface area contributed by atoms with Crippen LogP contribution in [0.15, 0.2) is 41.8 Å². The van der Waals surface area contributed by atoms with Gasteiger partial charge >= 0.3 is 0 Å². The van der Waals surface area contributed by atoms with E-state index in [2.05, 4.69) is 0 Å². The lowest BCUT2D eigenvalue weighted by molar-refractivity contribution is -0.131. The first-order chi connectivity index (χ1) is 9.74. The standard InChI is InChI=1S/C16H16FNOS/c17-15-6-2-1-4-12(15)10-16(19)18(13-7-8-13)11-14-5-3-9-20-14/h1-6,9,13H,7-8,10-11H2. The maximum atomic E-state index is 13.6. The summed E-state index contributed by atoms with van der Waals surface area (Å²) in [6.45, 7) is 0.648. The highest BCUT2D eigenvalue weighted by molar-refractivity contribution is 7.09. The largest absolute Gasteiger partial charge is 0.334 e. The number of halogens is 1. The Bertz CT molecular complexity index is 592. The number of amides is 1. The molecule has 1 heterocycles. The van der Waals surface area contributed by atoms with Crippen LogP contribution in [0.25, 0.3) is 0 Å². The summed E-state index contributed by atoms with van der Waals surface area (Å²) in [5.74, 6) is -0.279. The minimum atomic E-state index is -0.298. The number of rotatable bonds is 5. The Hall–Kier alpha value is -1.68. The molecule has 2 aromatic rings. The van der Waals surface area contributed by atoms with Crippen molar-refractivity contribution in [3.8, 4) is 0 Å². The lowest BCUT2D eigenvalue weighted by atomic mass is 10.1. The van der Waals surface area contributed by atoms with E-state index in [1.54, 1.807) is 29.5 Å². The zero-order chi connectivity index (χ0) is 13.9. The summed E-state index contributed by atoms with van der Waals surface area (Å²) in [5, 5.41) is 2.02. The summed E-state index contributed by atoms with van der Waals surface area (Å²) in [5.41, 5.74) is 0.481.